The number of guanidine groups is 1. The molecule has 8 nitrogen and oxygen atoms in total. The molecule has 1 aliphatic heterocycles. The van der Waals surface area contributed by atoms with Crippen LogP contribution < -0.4 is 10.6 Å². The molecule has 1 aromatic carbocycles. The van der Waals surface area contributed by atoms with Crippen LogP contribution in [-0.4, -0.2) is 53.3 Å². The zero-order valence-corrected chi connectivity index (χ0v) is 20.4. The number of benzene rings is 1. The van der Waals surface area contributed by atoms with Gasteiger partial charge in [-0.1, -0.05) is 18.6 Å². The van der Waals surface area contributed by atoms with Crippen LogP contribution in [0.5, 0.6) is 0 Å². The molecule has 1 amide bonds. The van der Waals surface area contributed by atoms with E-state index in [2.05, 4.69) is 31.7 Å². The largest absolute Gasteiger partial charge is 0.370 e. The molecule has 2 aliphatic rings. The standard InChI is InChI=1S/C22H30N6O2.HI/c1-23-22(28-9-10-30-20(15-28)18-13-25-27(2)14-18)24-12-16-5-3-8-19(11-16)26-21(29)17-6-4-7-17;/h3,5,8,11,13-14,17,20H,4,6-7,9-10,12,15H2,1-2H3,(H,23,24)(H,26,29);1H. The smallest absolute Gasteiger partial charge is 0.227 e. The molecule has 1 atom stereocenters. The van der Waals surface area contributed by atoms with E-state index in [4.69, 9.17) is 4.74 Å². The molecule has 1 aliphatic carbocycles. The first-order valence-electron chi connectivity index (χ1n) is 10.6. The third kappa shape index (κ3) is 5.97. The van der Waals surface area contributed by atoms with E-state index in [1.54, 1.807) is 11.7 Å². The van der Waals surface area contributed by atoms with Gasteiger partial charge >= 0.3 is 0 Å². The second-order valence-electron chi connectivity index (χ2n) is 7.97. The molecule has 4 rings (SSSR count). The zero-order chi connectivity index (χ0) is 20.9. The Bertz CT molecular complexity index is 911. The van der Waals surface area contributed by atoms with Crippen LogP contribution in [0.3, 0.4) is 0 Å². The Morgan fingerprint density at radius 2 is 2.19 bits per heavy atom. The number of nitrogens with zero attached hydrogens (tertiary/aromatic N) is 4. The quantitative estimate of drug-likeness (QED) is 0.348. The SMILES string of the molecule is CN=C(NCc1cccc(NC(=O)C2CCC2)c1)N1CCOC(c2cnn(C)c2)C1.I. The number of aromatic nitrogens is 2. The van der Waals surface area contributed by atoms with Gasteiger partial charge in [-0.2, -0.15) is 5.10 Å². The highest BCUT2D eigenvalue weighted by molar-refractivity contribution is 14.0. The fraction of sp³-hybridized carbons (Fsp3) is 0.500. The summed E-state index contributed by atoms with van der Waals surface area (Å²) in [5.41, 5.74) is 3.02. The highest BCUT2D eigenvalue weighted by atomic mass is 127. The first-order chi connectivity index (χ1) is 14.6. The Morgan fingerprint density at radius 3 is 2.87 bits per heavy atom. The highest BCUT2D eigenvalue weighted by Crippen LogP contribution is 2.27. The number of morpholine rings is 1. The maximum atomic E-state index is 12.2. The van der Waals surface area contributed by atoms with Crippen molar-refractivity contribution in [2.24, 2.45) is 18.0 Å². The van der Waals surface area contributed by atoms with E-state index < -0.39 is 0 Å². The molecule has 31 heavy (non-hydrogen) atoms. The molecule has 168 valence electrons. The Kier molecular flexibility index (Phi) is 8.30. The van der Waals surface area contributed by atoms with Crippen LogP contribution in [0, 0.1) is 5.92 Å². The van der Waals surface area contributed by atoms with Crippen molar-refractivity contribution in [1.29, 1.82) is 0 Å². The van der Waals surface area contributed by atoms with Crippen molar-refractivity contribution >= 4 is 41.5 Å². The lowest BCUT2D eigenvalue weighted by Gasteiger charge is -2.34. The average molecular weight is 538 g/mol. The summed E-state index contributed by atoms with van der Waals surface area (Å²) in [4.78, 5) is 18.9. The van der Waals surface area contributed by atoms with Gasteiger partial charge < -0.3 is 20.3 Å². The zero-order valence-electron chi connectivity index (χ0n) is 18.1. The van der Waals surface area contributed by atoms with E-state index in [0.717, 1.165) is 55.1 Å². The third-order valence-corrected chi connectivity index (χ3v) is 5.80. The van der Waals surface area contributed by atoms with Gasteiger partial charge in [-0.05, 0) is 30.5 Å². The van der Waals surface area contributed by atoms with Crippen molar-refractivity contribution in [2.75, 3.05) is 32.1 Å². The number of halogens is 1. The number of hydrogen-bond acceptors (Lipinski definition) is 4. The molecule has 2 heterocycles. The van der Waals surface area contributed by atoms with Crippen LogP contribution in [-0.2, 0) is 23.1 Å². The van der Waals surface area contributed by atoms with Crippen molar-refractivity contribution in [3.63, 3.8) is 0 Å². The maximum Gasteiger partial charge on any atom is 0.227 e. The summed E-state index contributed by atoms with van der Waals surface area (Å²) in [5.74, 6) is 1.16. The highest BCUT2D eigenvalue weighted by Gasteiger charge is 2.26. The van der Waals surface area contributed by atoms with Gasteiger partial charge in [-0.3, -0.25) is 14.5 Å². The minimum atomic E-state index is -0.0176. The summed E-state index contributed by atoms with van der Waals surface area (Å²) < 4.78 is 7.73. The second-order valence-corrected chi connectivity index (χ2v) is 7.97. The Morgan fingerprint density at radius 1 is 1.35 bits per heavy atom. The van der Waals surface area contributed by atoms with Crippen LogP contribution in [0.2, 0.25) is 0 Å². The number of anilines is 1. The van der Waals surface area contributed by atoms with Gasteiger partial charge in [0.25, 0.3) is 0 Å². The first-order valence-corrected chi connectivity index (χ1v) is 10.6. The molecule has 0 bridgehead atoms. The predicted molar refractivity (Wildman–Crippen MR) is 132 cm³/mol. The normalized spacial score (nSPS) is 19.4. The molecule has 1 saturated carbocycles. The van der Waals surface area contributed by atoms with Gasteiger partial charge in [-0.15, -0.1) is 24.0 Å². The summed E-state index contributed by atoms with van der Waals surface area (Å²) in [6, 6.07) is 7.99. The number of amides is 1. The van der Waals surface area contributed by atoms with E-state index in [1.165, 1.54) is 0 Å². The van der Waals surface area contributed by atoms with Gasteiger partial charge in [0.2, 0.25) is 5.91 Å². The summed E-state index contributed by atoms with van der Waals surface area (Å²) in [6.45, 7) is 2.79. The van der Waals surface area contributed by atoms with Gasteiger partial charge in [0.15, 0.2) is 5.96 Å². The van der Waals surface area contributed by atoms with Gasteiger partial charge in [0.05, 0.1) is 19.3 Å². The lowest BCUT2D eigenvalue weighted by Crippen LogP contribution is -2.47. The predicted octanol–water partition coefficient (Wildman–Crippen LogP) is 2.93. The van der Waals surface area contributed by atoms with E-state index in [1.807, 2.05) is 37.6 Å². The summed E-state index contributed by atoms with van der Waals surface area (Å²) in [5, 5.41) is 10.7. The molecule has 1 saturated heterocycles. The second kappa shape index (κ2) is 10.9. The number of hydrogen-bond donors (Lipinski definition) is 2. The van der Waals surface area contributed by atoms with E-state index >= 15 is 0 Å². The fourth-order valence-corrected chi connectivity index (χ4v) is 3.84. The number of aryl methyl sites for hydroxylation is 1. The number of aliphatic imine (C=N–C) groups is 1. The van der Waals surface area contributed by atoms with Crippen molar-refractivity contribution < 1.29 is 9.53 Å². The molecule has 9 heteroatoms. The van der Waals surface area contributed by atoms with Crippen molar-refractivity contribution in [3.05, 3.63) is 47.8 Å². The molecule has 2 fully saturated rings. The van der Waals surface area contributed by atoms with Crippen molar-refractivity contribution in [1.82, 2.24) is 20.0 Å². The van der Waals surface area contributed by atoms with Gasteiger partial charge in [0.1, 0.15) is 6.10 Å². The maximum absolute atomic E-state index is 12.2. The topological polar surface area (TPSA) is 83.8 Å². The Balaban J connectivity index is 0.00000272. The van der Waals surface area contributed by atoms with Crippen LogP contribution in [0.15, 0.2) is 41.7 Å². The number of rotatable bonds is 5. The van der Waals surface area contributed by atoms with Crippen molar-refractivity contribution in [2.45, 2.75) is 31.9 Å². The summed E-state index contributed by atoms with van der Waals surface area (Å²) in [6.07, 6.45) is 6.99. The molecule has 2 aromatic rings. The molecule has 0 radical (unpaired) electrons. The molecule has 1 aromatic heterocycles. The van der Waals surface area contributed by atoms with Gasteiger partial charge in [-0.25, -0.2) is 0 Å². The molecule has 1 unspecified atom stereocenters. The lowest BCUT2D eigenvalue weighted by molar-refractivity contribution is -0.122. The number of carbonyl (C=O) groups is 1. The van der Waals surface area contributed by atoms with Gasteiger partial charge in [0, 0.05) is 50.6 Å². The van der Waals surface area contributed by atoms with Crippen LogP contribution >= 0.6 is 24.0 Å². The minimum Gasteiger partial charge on any atom is -0.370 e. The lowest BCUT2D eigenvalue weighted by atomic mass is 9.85. The van der Waals surface area contributed by atoms with Crippen molar-refractivity contribution in [3.8, 4) is 0 Å². The first kappa shape index (κ1) is 23.5. The number of nitrogens with one attached hydrogen (secondary N) is 2. The van der Waals surface area contributed by atoms with Crippen LogP contribution in [0.1, 0.15) is 36.5 Å². The summed E-state index contributed by atoms with van der Waals surface area (Å²) in [7, 11) is 3.71. The molecule has 2 N–H and O–H groups in total. The van der Waals surface area contributed by atoms with Crippen LogP contribution in [0.25, 0.3) is 0 Å². The molecule has 0 spiro atoms. The Hall–Kier alpha value is -2.14. The van der Waals surface area contributed by atoms with Crippen LogP contribution in [0.4, 0.5) is 5.69 Å². The monoisotopic (exact) mass is 538 g/mol. The number of ether oxygens (including phenoxy) is 1. The number of carbonyl (C=O) groups excluding carboxylic acids is 1. The average Bonchev–Trinajstić information content (AvgIpc) is 3.14. The Labute approximate surface area is 200 Å². The molecular formula is C22H31IN6O2. The summed E-state index contributed by atoms with van der Waals surface area (Å²) >= 11 is 0. The molecular weight excluding hydrogens is 507 g/mol. The third-order valence-electron chi connectivity index (χ3n) is 5.80. The minimum absolute atomic E-state index is 0. The van der Waals surface area contributed by atoms with E-state index in [0.29, 0.717) is 13.2 Å². The fourth-order valence-electron chi connectivity index (χ4n) is 3.84. The van der Waals surface area contributed by atoms with E-state index in [9.17, 15) is 4.79 Å². The van der Waals surface area contributed by atoms with E-state index in [-0.39, 0.29) is 41.9 Å².